The second-order valence-corrected chi connectivity index (χ2v) is 5.96. The molecule has 0 spiro atoms. The topological polar surface area (TPSA) is 153 Å². The zero-order chi connectivity index (χ0) is 17.9. The van der Waals surface area contributed by atoms with Crippen LogP contribution in [0.5, 0.6) is 0 Å². The van der Waals surface area contributed by atoms with E-state index in [1.54, 1.807) is 0 Å². The minimum atomic E-state index is -1.21. The number of hydrogen-bond donors (Lipinski definition) is 5. The Balaban J connectivity index is 0.000000891. The van der Waals surface area contributed by atoms with Crippen LogP contribution in [0.1, 0.15) is 36.9 Å². The van der Waals surface area contributed by atoms with Crippen LogP contribution in [-0.4, -0.2) is 57.5 Å². The fraction of sp³-hybridized carbons (Fsp3) is 0.714. The summed E-state index contributed by atoms with van der Waals surface area (Å²) >= 11 is 0. The largest absolute Gasteiger partial charge is 0.451 e. The van der Waals surface area contributed by atoms with Crippen molar-refractivity contribution in [3.63, 3.8) is 0 Å². The van der Waals surface area contributed by atoms with Crippen LogP contribution in [0.2, 0.25) is 6.32 Å². The number of aromatic amines is 2. The third-order valence-corrected chi connectivity index (χ3v) is 4.13. The molecule has 1 aromatic heterocycles. The lowest BCUT2D eigenvalue weighted by Crippen LogP contribution is -2.36. The fourth-order valence-electron chi connectivity index (χ4n) is 2.79. The maximum Gasteiger partial charge on any atom is 0.451 e. The number of nitrogens with one attached hydrogen (secondary N) is 2. The number of hydrogen-bond acceptors (Lipinski definition) is 7. The SMILES string of the molecule is NC(CCCCB(O)O)CCN1CCc2[nH][nH]c(=O)c2C1.O=C=O. The molecular formula is C14H25BN4O5. The third kappa shape index (κ3) is 7.24. The smallest absolute Gasteiger partial charge is 0.427 e. The van der Waals surface area contributed by atoms with Crippen molar-refractivity contribution in [2.75, 3.05) is 13.1 Å². The summed E-state index contributed by atoms with van der Waals surface area (Å²) in [5.74, 6) is 0. The molecule has 0 saturated heterocycles. The van der Waals surface area contributed by atoms with Crippen molar-refractivity contribution in [3.05, 3.63) is 21.6 Å². The van der Waals surface area contributed by atoms with E-state index in [-0.39, 0.29) is 17.8 Å². The standard InChI is InChI=1S/C13H25BN4O3.CO2/c15-10(3-1-2-6-14(20)21)4-7-18-8-5-12-11(9-18)13(19)17-16-12;2-1-3/h10,20-21H,1-9,15H2,(H2,16,17,19);. The first-order chi connectivity index (χ1) is 11.5. The lowest BCUT2D eigenvalue weighted by atomic mass is 9.83. The van der Waals surface area contributed by atoms with Gasteiger partial charge in [-0.15, -0.1) is 0 Å². The van der Waals surface area contributed by atoms with E-state index in [1.165, 1.54) is 0 Å². The number of nitrogens with zero attached hydrogens (tertiary/aromatic N) is 1. The zero-order valence-corrected chi connectivity index (χ0v) is 13.7. The third-order valence-electron chi connectivity index (χ3n) is 4.13. The normalized spacial score (nSPS) is 15.0. The average Bonchev–Trinajstić information content (AvgIpc) is 2.91. The average molecular weight is 340 g/mol. The van der Waals surface area contributed by atoms with Gasteiger partial charge in [0, 0.05) is 31.2 Å². The van der Waals surface area contributed by atoms with Gasteiger partial charge >= 0.3 is 13.3 Å². The number of fused-ring (bicyclic) bond motifs is 1. The van der Waals surface area contributed by atoms with E-state index in [1.807, 2.05) is 0 Å². The summed E-state index contributed by atoms with van der Waals surface area (Å²) in [6, 6.07) is 0.131. The van der Waals surface area contributed by atoms with Gasteiger partial charge in [-0.3, -0.25) is 14.8 Å². The maximum atomic E-state index is 11.6. The van der Waals surface area contributed by atoms with Gasteiger partial charge < -0.3 is 20.9 Å². The van der Waals surface area contributed by atoms with Gasteiger partial charge in [-0.1, -0.05) is 12.8 Å². The molecule has 2 rings (SSSR count). The van der Waals surface area contributed by atoms with E-state index in [0.717, 1.165) is 56.5 Å². The Labute approximate surface area is 140 Å². The van der Waals surface area contributed by atoms with E-state index in [0.29, 0.717) is 12.9 Å². The summed E-state index contributed by atoms with van der Waals surface area (Å²) in [6.07, 6.45) is 5.04. The van der Waals surface area contributed by atoms with E-state index < -0.39 is 7.12 Å². The maximum absolute atomic E-state index is 11.6. The Morgan fingerprint density at radius 3 is 2.62 bits per heavy atom. The van der Waals surface area contributed by atoms with Crippen molar-refractivity contribution in [1.82, 2.24) is 15.1 Å². The Kier molecular flexibility index (Phi) is 9.28. The molecule has 24 heavy (non-hydrogen) atoms. The van der Waals surface area contributed by atoms with E-state index in [4.69, 9.17) is 25.4 Å². The Hall–Kier alpha value is -1.71. The first-order valence-corrected chi connectivity index (χ1v) is 8.09. The van der Waals surface area contributed by atoms with Crippen LogP contribution in [0.25, 0.3) is 0 Å². The molecule has 0 radical (unpaired) electrons. The first-order valence-electron chi connectivity index (χ1n) is 8.09. The highest BCUT2D eigenvalue weighted by atomic mass is 16.4. The molecule has 10 heteroatoms. The van der Waals surface area contributed by atoms with Crippen molar-refractivity contribution in [1.29, 1.82) is 0 Å². The number of H-pyrrole nitrogens is 2. The van der Waals surface area contributed by atoms with Gasteiger partial charge in [0.05, 0.1) is 5.56 Å². The molecule has 1 unspecified atom stereocenters. The van der Waals surface area contributed by atoms with Gasteiger partial charge in [0.2, 0.25) is 0 Å². The van der Waals surface area contributed by atoms with Crippen molar-refractivity contribution < 1.29 is 19.6 Å². The van der Waals surface area contributed by atoms with Crippen LogP contribution < -0.4 is 11.3 Å². The minimum Gasteiger partial charge on any atom is -0.427 e. The molecule has 1 atom stereocenters. The van der Waals surface area contributed by atoms with Crippen LogP contribution in [0.15, 0.2) is 4.79 Å². The number of aromatic nitrogens is 2. The lowest BCUT2D eigenvalue weighted by molar-refractivity contribution is -0.191. The van der Waals surface area contributed by atoms with E-state index in [2.05, 4.69) is 15.1 Å². The number of rotatable bonds is 8. The van der Waals surface area contributed by atoms with Crippen LogP contribution in [0.4, 0.5) is 0 Å². The summed E-state index contributed by atoms with van der Waals surface area (Å²) in [5, 5.41) is 23.1. The van der Waals surface area contributed by atoms with Crippen LogP contribution in [0.3, 0.4) is 0 Å². The zero-order valence-electron chi connectivity index (χ0n) is 13.7. The molecule has 0 amide bonds. The molecule has 1 aliphatic rings. The van der Waals surface area contributed by atoms with Gasteiger partial charge in [-0.05, 0) is 25.7 Å². The summed E-state index contributed by atoms with van der Waals surface area (Å²) in [7, 11) is -1.21. The molecule has 9 nitrogen and oxygen atoms in total. The van der Waals surface area contributed by atoms with Crippen LogP contribution in [0, 0.1) is 0 Å². The highest BCUT2D eigenvalue weighted by Crippen LogP contribution is 2.14. The van der Waals surface area contributed by atoms with Crippen molar-refractivity contribution in [2.45, 2.75) is 51.0 Å². The summed E-state index contributed by atoms with van der Waals surface area (Å²) in [4.78, 5) is 30.1. The highest BCUT2D eigenvalue weighted by molar-refractivity contribution is 6.40. The Morgan fingerprint density at radius 1 is 1.25 bits per heavy atom. The molecular weight excluding hydrogens is 315 g/mol. The fourth-order valence-corrected chi connectivity index (χ4v) is 2.79. The highest BCUT2D eigenvalue weighted by Gasteiger charge is 2.20. The molecule has 0 aromatic carbocycles. The van der Waals surface area contributed by atoms with Gasteiger partial charge in [0.25, 0.3) is 5.56 Å². The number of nitrogens with two attached hydrogens (primary N) is 1. The van der Waals surface area contributed by atoms with Gasteiger partial charge in [0.1, 0.15) is 0 Å². The summed E-state index contributed by atoms with van der Waals surface area (Å²) < 4.78 is 0. The monoisotopic (exact) mass is 340 g/mol. The number of unbranched alkanes of at least 4 members (excludes halogenated alkanes) is 1. The second kappa shape index (κ2) is 11.0. The first kappa shape index (κ1) is 20.3. The molecule has 134 valence electrons. The molecule has 0 bridgehead atoms. The van der Waals surface area contributed by atoms with Crippen LogP contribution in [-0.2, 0) is 22.6 Å². The van der Waals surface area contributed by atoms with Gasteiger partial charge in [-0.25, -0.2) is 0 Å². The summed E-state index contributed by atoms with van der Waals surface area (Å²) in [6.45, 7) is 2.54. The lowest BCUT2D eigenvalue weighted by Gasteiger charge is -2.27. The number of carbonyl (C=O) groups excluding carboxylic acids is 2. The molecule has 0 fully saturated rings. The Morgan fingerprint density at radius 2 is 1.96 bits per heavy atom. The Bertz CT molecular complexity index is 568. The van der Waals surface area contributed by atoms with Crippen molar-refractivity contribution in [2.24, 2.45) is 5.73 Å². The molecule has 6 N–H and O–H groups in total. The minimum absolute atomic E-state index is 0.0124. The van der Waals surface area contributed by atoms with Crippen molar-refractivity contribution >= 4 is 13.3 Å². The molecule has 0 aliphatic carbocycles. The van der Waals surface area contributed by atoms with Gasteiger partial charge in [-0.2, -0.15) is 9.59 Å². The quantitative estimate of drug-likeness (QED) is 0.295. The predicted octanol–water partition coefficient (Wildman–Crippen LogP) is -1.16. The second-order valence-electron chi connectivity index (χ2n) is 5.96. The molecule has 1 aliphatic heterocycles. The summed E-state index contributed by atoms with van der Waals surface area (Å²) in [5.41, 5.74) is 7.96. The molecule has 1 aromatic rings. The van der Waals surface area contributed by atoms with Gasteiger partial charge in [0.15, 0.2) is 0 Å². The van der Waals surface area contributed by atoms with E-state index >= 15 is 0 Å². The van der Waals surface area contributed by atoms with E-state index in [9.17, 15) is 4.79 Å². The van der Waals surface area contributed by atoms with Crippen LogP contribution >= 0.6 is 0 Å². The predicted molar refractivity (Wildman–Crippen MR) is 86.8 cm³/mol. The van der Waals surface area contributed by atoms with Crippen molar-refractivity contribution in [3.8, 4) is 0 Å². The molecule has 0 saturated carbocycles. The molecule has 2 heterocycles.